The fourth-order valence-electron chi connectivity index (χ4n) is 2.33. The Balaban J connectivity index is 2.28. The lowest BCUT2D eigenvalue weighted by atomic mass is 10.2. The number of rotatable bonds is 10. The zero-order valence-corrected chi connectivity index (χ0v) is 18.7. The Morgan fingerprint density at radius 2 is 2.20 bits per heavy atom. The third-order valence-corrected chi connectivity index (χ3v) is 6.52. The Bertz CT molecular complexity index is 977. The Kier molecular flexibility index (Phi) is 8.71. The van der Waals surface area contributed by atoms with Gasteiger partial charge >= 0.3 is 7.82 Å². The van der Waals surface area contributed by atoms with Crippen LogP contribution in [0.15, 0.2) is 34.3 Å². The van der Waals surface area contributed by atoms with E-state index >= 15 is 0 Å². The zero-order chi connectivity index (χ0) is 22.3. The topological polar surface area (TPSA) is 156 Å². The van der Waals surface area contributed by atoms with E-state index in [0.29, 0.717) is 33.3 Å². The third kappa shape index (κ3) is 7.31. The maximum absolute atomic E-state index is 12.5. The van der Waals surface area contributed by atoms with Gasteiger partial charge in [-0.25, -0.2) is 14.5 Å². The number of phosphoric ester groups is 1. The molecular weight excluding hydrogens is 451 g/mol. The lowest BCUT2D eigenvalue weighted by Gasteiger charge is -2.22. The molecule has 162 valence electrons. The Morgan fingerprint density at radius 3 is 2.77 bits per heavy atom. The number of thioether (sulfide) groups is 1. The molecule has 2 aromatic rings. The number of aryl methyl sites for hydroxylation is 1. The van der Waals surface area contributed by atoms with E-state index in [-0.39, 0.29) is 30.5 Å². The van der Waals surface area contributed by atoms with Gasteiger partial charge in [0.15, 0.2) is 0 Å². The maximum Gasteiger partial charge on any atom is 0.469 e. The number of anilines is 1. The van der Waals surface area contributed by atoms with E-state index < -0.39 is 7.82 Å². The molecule has 0 aliphatic rings. The van der Waals surface area contributed by atoms with Gasteiger partial charge in [0.25, 0.3) is 0 Å². The fourth-order valence-corrected chi connectivity index (χ4v) is 4.33. The molecule has 0 aliphatic heterocycles. The summed E-state index contributed by atoms with van der Waals surface area (Å²) >= 11 is 2.15. The summed E-state index contributed by atoms with van der Waals surface area (Å²) in [4.78, 5) is 52.5. The van der Waals surface area contributed by atoms with Gasteiger partial charge in [0.05, 0.1) is 18.0 Å². The Labute approximate surface area is 181 Å². The van der Waals surface area contributed by atoms with Gasteiger partial charge in [0, 0.05) is 28.8 Å². The van der Waals surface area contributed by atoms with Crippen LogP contribution in [0.25, 0.3) is 0 Å². The number of nitrogen functional groups attached to an aromatic ring is 1. The highest BCUT2D eigenvalue weighted by Crippen LogP contribution is 2.37. The summed E-state index contributed by atoms with van der Waals surface area (Å²) in [7, 11) is -4.66. The van der Waals surface area contributed by atoms with Crippen molar-refractivity contribution in [2.75, 3.05) is 12.3 Å². The van der Waals surface area contributed by atoms with E-state index in [4.69, 9.17) is 15.5 Å². The first kappa shape index (κ1) is 24.2. The molecule has 10 nitrogen and oxygen atoms in total. The van der Waals surface area contributed by atoms with Gasteiger partial charge in [-0.3, -0.25) is 14.1 Å². The van der Waals surface area contributed by atoms with Crippen molar-refractivity contribution in [1.82, 2.24) is 14.9 Å². The molecule has 0 bridgehead atoms. The standard InChI is InChI=1S/C17H21N4O6PS2/c1-11(21(10-22)9-13-8-19-12(2)20-16(13)18)14(5-6-27-28(24,25)26)30-17(23)15-4-3-7-29-15/h3-4,7-8,10H,5-6,9H2,1-2H3,(H2,18,19,20)(H2,24,25,26). The summed E-state index contributed by atoms with van der Waals surface area (Å²) in [6.45, 7) is 3.05. The highest BCUT2D eigenvalue weighted by Gasteiger charge is 2.20. The number of nitrogens with zero attached hydrogens (tertiary/aromatic N) is 3. The number of thiophene rings is 1. The second-order valence-corrected chi connectivity index (χ2v) is 9.26. The van der Waals surface area contributed by atoms with Gasteiger partial charge in [0.2, 0.25) is 11.5 Å². The van der Waals surface area contributed by atoms with Crippen LogP contribution in [0.2, 0.25) is 0 Å². The quantitative estimate of drug-likeness (QED) is 0.347. The van der Waals surface area contributed by atoms with Crippen molar-refractivity contribution in [3.8, 4) is 0 Å². The lowest BCUT2D eigenvalue weighted by molar-refractivity contribution is -0.116. The second-order valence-electron chi connectivity index (χ2n) is 6.01. The van der Waals surface area contributed by atoms with Crippen LogP contribution in [-0.4, -0.2) is 42.8 Å². The van der Waals surface area contributed by atoms with Crippen molar-refractivity contribution < 1.29 is 28.5 Å². The predicted octanol–water partition coefficient (Wildman–Crippen LogP) is 2.69. The molecule has 0 saturated carbocycles. The SMILES string of the molecule is CC(=C(CCOP(=O)(O)O)SC(=O)c1cccs1)N(C=O)Cc1cnc(C)nc1N. The van der Waals surface area contributed by atoms with E-state index in [1.807, 2.05) is 0 Å². The molecule has 0 aliphatic carbocycles. The molecule has 4 N–H and O–H groups in total. The number of allylic oxidation sites excluding steroid dienone is 1. The van der Waals surface area contributed by atoms with Gasteiger partial charge in [-0.1, -0.05) is 6.07 Å². The number of aromatic nitrogens is 2. The lowest BCUT2D eigenvalue weighted by Crippen LogP contribution is -2.22. The molecule has 0 fully saturated rings. The van der Waals surface area contributed by atoms with Crippen LogP contribution in [0.3, 0.4) is 0 Å². The summed E-state index contributed by atoms with van der Waals surface area (Å²) < 4.78 is 15.5. The van der Waals surface area contributed by atoms with Crippen molar-refractivity contribution in [1.29, 1.82) is 0 Å². The molecule has 1 amide bonds. The van der Waals surface area contributed by atoms with Gasteiger partial charge in [-0.15, -0.1) is 11.3 Å². The molecule has 2 aromatic heterocycles. The summed E-state index contributed by atoms with van der Waals surface area (Å²) in [5, 5.41) is 1.51. The molecule has 0 atom stereocenters. The van der Waals surface area contributed by atoms with Crippen LogP contribution in [-0.2, 0) is 20.4 Å². The minimum Gasteiger partial charge on any atom is -0.383 e. The first-order valence-electron chi connectivity index (χ1n) is 8.56. The zero-order valence-electron chi connectivity index (χ0n) is 16.2. The van der Waals surface area contributed by atoms with Crippen molar-refractivity contribution >= 4 is 48.3 Å². The highest BCUT2D eigenvalue weighted by atomic mass is 32.2. The third-order valence-electron chi connectivity index (χ3n) is 3.85. The van der Waals surface area contributed by atoms with Crippen molar-refractivity contribution in [2.45, 2.75) is 26.8 Å². The van der Waals surface area contributed by atoms with E-state index in [2.05, 4.69) is 14.5 Å². The summed E-state index contributed by atoms with van der Waals surface area (Å²) in [6, 6.07) is 3.41. The predicted molar refractivity (Wildman–Crippen MR) is 114 cm³/mol. The van der Waals surface area contributed by atoms with E-state index in [1.165, 1.54) is 22.4 Å². The number of amides is 1. The molecule has 0 unspecified atom stereocenters. The van der Waals surface area contributed by atoms with Crippen LogP contribution in [0.5, 0.6) is 0 Å². The number of carbonyl (C=O) groups excluding carboxylic acids is 2. The Hall–Kier alpha value is -2.08. The normalized spacial score (nSPS) is 12.4. The molecule has 0 aromatic carbocycles. The molecule has 13 heteroatoms. The second kappa shape index (κ2) is 10.8. The fraction of sp³-hybridized carbons (Fsp3) is 0.294. The smallest absolute Gasteiger partial charge is 0.383 e. The first-order valence-corrected chi connectivity index (χ1v) is 11.8. The van der Waals surface area contributed by atoms with Crippen LogP contribution in [0.1, 0.15) is 34.4 Å². The molecular formula is C17H21N4O6PS2. The van der Waals surface area contributed by atoms with Crippen molar-refractivity contribution in [3.63, 3.8) is 0 Å². The van der Waals surface area contributed by atoms with Crippen molar-refractivity contribution in [2.24, 2.45) is 0 Å². The largest absolute Gasteiger partial charge is 0.469 e. The number of hydrogen-bond donors (Lipinski definition) is 3. The van der Waals surface area contributed by atoms with Gasteiger partial charge in [-0.05, 0) is 37.1 Å². The number of nitrogens with two attached hydrogens (primary N) is 1. The molecule has 2 rings (SSSR count). The van der Waals surface area contributed by atoms with Crippen LogP contribution in [0.4, 0.5) is 5.82 Å². The average Bonchev–Trinajstić information content (AvgIpc) is 3.20. The van der Waals surface area contributed by atoms with Gasteiger partial charge in [-0.2, -0.15) is 0 Å². The minimum atomic E-state index is -4.66. The van der Waals surface area contributed by atoms with Crippen LogP contribution < -0.4 is 5.73 Å². The van der Waals surface area contributed by atoms with Gasteiger partial charge in [0.1, 0.15) is 11.6 Å². The van der Waals surface area contributed by atoms with Crippen LogP contribution >= 0.6 is 30.9 Å². The molecule has 2 heterocycles. The summed E-state index contributed by atoms with van der Waals surface area (Å²) in [5.41, 5.74) is 6.85. The first-order chi connectivity index (χ1) is 14.1. The monoisotopic (exact) mass is 472 g/mol. The van der Waals surface area contributed by atoms with Gasteiger partial charge < -0.3 is 20.4 Å². The van der Waals surface area contributed by atoms with Crippen molar-refractivity contribution in [3.05, 3.63) is 50.6 Å². The minimum absolute atomic E-state index is 0.0168. The summed E-state index contributed by atoms with van der Waals surface area (Å²) in [5.74, 6) is 0.726. The average molecular weight is 472 g/mol. The van der Waals surface area contributed by atoms with E-state index in [1.54, 1.807) is 31.4 Å². The molecule has 0 saturated heterocycles. The number of hydrogen-bond acceptors (Lipinski definition) is 9. The Morgan fingerprint density at radius 1 is 1.47 bits per heavy atom. The maximum atomic E-state index is 12.5. The molecule has 30 heavy (non-hydrogen) atoms. The highest BCUT2D eigenvalue weighted by molar-refractivity contribution is 8.17. The van der Waals surface area contributed by atoms with Crippen LogP contribution in [0, 0.1) is 6.92 Å². The number of carbonyl (C=O) groups is 2. The van der Waals surface area contributed by atoms with E-state index in [0.717, 1.165) is 11.8 Å². The summed E-state index contributed by atoms with van der Waals surface area (Å²) in [6.07, 6.45) is 2.11. The molecule has 0 radical (unpaired) electrons. The van der Waals surface area contributed by atoms with E-state index in [9.17, 15) is 14.2 Å². The number of phosphoric acid groups is 1. The molecule has 0 spiro atoms.